The van der Waals surface area contributed by atoms with E-state index in [1.165, 1.54) is 11.3 Å². The molecule has 19 heavy (non-hydrogen) atoms. The lowest BCUT2D eigenvalue weighted by atomic mass is 10.2. The van der Waals surface area contributed by atoms with E-state index in [2.05, 4.69) is 11.6 Å². The largest absolute Gasteiger partial charge is 0.423 e. The molecule has 4 nitrogen and oxygen atoms in total. The first-order chi connectivity index (χ1) is 9.08. The van der Waals surface area contributed by atoms with Gasteiger partial charge in [-0.1, -0.05) is 24.3 Å². The van der Waals surface area contributed by atoms with Gasteiger partial charge in [-0.15, -0.1) is 11.3 Å². The number of carbonyl (C=O) groups is 1. The Morgan fingerprint density at radius 2 is 2.11 bits per heavy atom. The molecule has 0 aliphatic rings. The summed E-state index contributed by atoms with van der Waals surface area (Å²) >= 11 is 1.26. The highest BCUT2D eigenvalue weighted by Gasteiger charge is 2.22. The molecule has 1 aromatic carbocycles. The van der Waals surface area contributed by atoms with Gasteiger partial charge in [0, 0.05) is 11.6 Å². The smallest absolute Gasteiger partial charge is 0.341 e. The van der Waals surface area contributed by atoms with Crippen LogP contribution in [0, 0.1) is 6.92 Å². The molecule has 2 rings (SSSR count). The molecule has 98 valence electrons. The average molecular weight is 275 g/mol. The number of aryl methyl sites for hydroxylation is 1. The van der Waals surface area contributed by atoms with E-state index >= 15 is 0 Å². The zero-order valence-electron chi connectivity index (χ0n) is 10.4. The van der Waals surface area contributed by atoms with Gasteiger partial charge in [-0.25, -0.2) is 9.78 Å². The van der Waals surface area contributed by atoms with Crippen LogP contribution in [0.25, 0.3) is 0 Å². The molecule has 5 heteroatoms. The third kappa shape index (κ3) is 3.27. The summed E-state index contributed by atoms with van der Waals surface area (Å²) in [4.78, 5) is 15.8. The summed E-state index contributed by atoms with van der Waals surface area (Å²) in [6, 6.07) is 7.05. The Morgan fingerprint density at radius 1 is 1.42 bits per heavy atom. The van der Waals surface area contributed by atoms with Crippen molar-refractivity contribution in [3.05, 3.63) is 58.6 Å². The Labute approximate surface area is 115 Å². The first kappa shape index (κ1) is 13.5. The number of hydrogen-bond donors (Lipinski definition) is 1. The van der Waals surface area contributed by atoms with Crippen molar-refractivity contribution < 1.29 is 14.6 Å². The third-order valence-electron chi connectivity index (χ3n) is 2.51. The molecule has 0 aliphatic heterocycles. The van der Waals surface area contributed by atoms with Crippen molar-refractivity contribution in [3.63, 3.8) is 0 Å². The Bertz CT molecular complexity index is 575. The first-order valence-corrected chi connectivity index (χ1v) is 6.51. The second-order valence-corrected chi connectivity index (χ2v) is 4.93. The van der Waals surface area contributed by atoms with Gasteiger partial charge in [0.05, 0.1) is 5.57 Å². The van der Waals surface area contributed by atoms with Gasteiger partial charge in [0.25, 0.3) is 0 Å². The molecule has 0 aliphatic carbocycles. The Balaban J connectivity index is 2.03. The second kappa shape index (κ2) is 5.77. The average Bonchev–Trinajstić information content (AvgIpc) is 2.93. The lowest BCUT2D eigenvalue weighted by Gasteiger charge is -2.10. The zero-order chi connectivity index (χ0) is 13.8. The molecular formula is C14H13NO3S. The molecular weight excluding hydrogens is 262 g/mol. The number of thiazole rings is 1. The van der Waals surface area contributed by atoms with Crippen molar-refractivity contribution in [3.8, 4) is 5.75 Å². The highest BCUT2D eigenvalue weighted by Crippen LogP contribution is 2.23. The summed E-state index contributed by atoms with van der Waals surface area (Å²) < 4.78 is 5.13. The van der Waals surface area contributed by atoms with Crippen LogP contribution in [0.3, 0.4) is 0 Å². The third-order valence-corrected chi connectivity index (χ3v) is 3.34. The van der Waals surface area contributed by atoms with Crippen LogP contribution in [0.15, 0.2) is 48.0 Å². The summed E-state index contributed by atoms with van der Waals surface area (Å²) in [6.45, 7) is 5.51. The van der Waals surface area contributed by atoms with Gasteiger partial charge >= 0.3 is 5.97 Å². The summed E-state index contributed by atoms with van der Waals surface area (Å²) in [5, 5.41) is 12.1. The number of carbonyl (C=O) groups excluding carboxylic acids is 1. The van der Waals surface area contributed by atoms with Crippen molar-refractivity contribution in [2.24, 2.45) is 0 Å². The van der Waals surface area contributed by atoms with Gasteiger partial charge in [0.1, 0.15) is 16.9 Å². The van der Waals surface area contributed by atoms with Crippen LogP contribution < -0.4 is 4.74 Å². The number of rotatable bonds is 4. The Hall–Kier alpha value is -1.98. The van der Waals surface area contributed by atoms with Gasteiger partial charge in [-0.2, -0.15) is 0 Å². The van der Waals surface area contributed by atoms with Gasteiger partial charge in [-0.3, -0.25) is 0 Å². The second-order valence-electron chi connectivity index (χ2n) is 4.00. The quantitative estimate of drug-likeness (QED) is 0.529. The van der Waals surface area contributed by atoms with E-state index in [0.29, 0.717) is 10.8 Å². The lowest BCUT2D eigenvalue weighted by molar-refractivity contribution is -0.131. The van der Waals surface area contributed by atoms with Gasteiger partial charge in [0.2, 0.25) is 0 Å². The summed E-state index contributed by atoms with van der Waals surface area (Å²) in [5.74, 6) is -0.241. The molecule has 2 aromatic rings. The van der Waals surface area contributed by atoms with Crippen molar-refractivity contribution in [1.29, 1.82) is 0 Å². The number of aromatic nitrogens is 1. The molecule has 1 aromatic heterocycles. The van der Waals surface area contributed by atoms with Crippen LogP contribution in [-0.2, 0) is 4.79 Å². The molecule has 1 unspecified atom stereocenters. The van der Waals surface area contributed by atoms with Crippen molar-refractivity contribution in [2.75, 3.05) is 0 Å². The number of aliphatic hydroxyl groups is 1. The molecule has 1 N–H and O–H groups in total. The van der Waals surface area contributed by atoms with E-state index in [9.17, 15) is 9.90 Å². The molecule has 0 bridgehead atoms. The Kier molecular flexibility index (Phi) is 4.09. The molecule has 0 saturated heterocycles. The van der Waals surface area contributed by atoms with Crippen LogP contribution in [0.5, 0.6) is 5.75 Å². The fourth-order valence-electron chi connectivity index (χ4n) is 1.41. The fourth-order valence-corrected chi connectivity index (χ4v) is 2.06. The summed E-state index contributed by atoms with van der Waals surface area (Å²) in [7, 11) is 0. The normalized spacial score (nSPS) is 11.9. The molecule has 0 spiro atoms. The van der Waals surface area contributed by atoms with Crippen molar-refractivity contribution in [1.82, 2.24) is 4.98 Å². The van der Waals surface area contributed by atoms with Crippen molar-refractivity contribution in [2.45, 2.75) is 13.0 Å². The number of aliphatic hydroxyl groups excluding tert-OH is 1. The standard InChI is InChI=1S/C14H13NO3S/c1-9-3-5-11(6-4-9)18-14(17)10(2)12(16)13-15-7-8-19-13/h3-8,12,16H,2H2,1H3. The molecule has 0 fully saturated rings. The number of ether oxygens (including phenoxy) is 1. The molecule has 0 saturated carbocycles. The topological polar surface area (TPSA) is 59.4 Å². The molecule has 0 radical (unpaired) electrons. The number of benzene rings is 1. The van der Waals surface area contributed by atoms with E-state index in [1.807, 2.05) is 19.1 Å². The zero-order valence-corrected chi connectivity index (χ0v) is 11.2. The van der Waals surface area contributed by atoms with Crippen LogP contribution in [0.1, 0.15) is 16.7 Å². The fraction of sp³-hybridized carbons (Fsp3) is 0.143. The first-order valence-electron chi connectivity index (χ1n) is 5.63. The molecule has 1 atom stereocenters. The van der Waals surface area contributed by atoms with Crippen LogP contribution in [0.4, 0.5) is 0 Å². The van der Waals surface area contributed by atoms with E-state index in [4.69, 9.17) is 4.74 Å². The maximum absolute atomic E-state index is 11.8. The van der Waals surface area contributed by atoms with E-state index in [-0.39, 0.29) is 5.57 Å². The maximum atomic E-state index is 11.8. The summed E-state index contributed by atoms with van der Waals surface area (Å²) in [5.41, 5.74) is 1.04. The Morgan fingerprint density at radius 3 is 2.68 bits per heavy atom. The molecule has 0 amide bonds. The van der Waals surface area contributed by atoms with Gasteiger partial charge in [-0.05, 0) is 19.1 Å². The highest BCUT2D eigenvalue weighted by atomic mass is 32.1. The number of esters is 1. The van der Waals surface area contributed by atoms with Gasteiger partial charge < -0.3 is 9.84 Å². The van der Waals surface area contributed by atoms with Crippen molar-refractivity contribution >= 4 is 17.3 Å². The van der Waals surface area contributed by atoms with Crippen LogP contribution >= 0.6 is 11.3 Å². The van der Waals surface area contributed by atoms with E-state index < -0.39 is 12.1 Å². The van der Waals surface area contributed by atoms with Crippen LogP contribution in [-0.4, -0.2) is 16.1 Å². The minimum absolute atomic E-state index is 0.0319. The van der Waals surface area contributed by atoms with E-state index in [0.717, 1.165) is 5.56 Å². The monoisotopic (exact) mass is 275 g/mol. The van der Waals surface area contributed by atoms with Crippen LogP contribution in [0.2, 0.25) is 0 Å². The minimum Gasteiger partial charge on any atom is -0.423 e. The predicted octanol–water partition coefficient (Wildman–Crippen LogP) is 2.65. The van der Waals surface area contributed by atoms with E-state index in [1.54, 1.807) is 23.7 Å². The predicted molar refractivity (Wildman–Crippen MR) is 73.0 cm³/mol. The minimum atomic E-state index is -1.13. The highest BCUT2D eigenvalue weighted by molar-refractivity contribution is 7.09. The summed E-state index contributed by atoms with van der Waals surface area (Å²) in [6.07, 6.45) is 0.430. The number of nitrogens with zero attached hydrogens (tertiary/aromatic N) is 1. The van der Waals surface area contributed by atoms with Gasteiger partial charge in [0.15, 0.2) is 0 Å². The SMILES string of the molecule is C=C(C(=O)Oc1ccc(C)cc1)C(O)c1nccs1. The maximum Gasteiger partial charge on any atom is 0.341 e. The molecule has 1 heterocycles. The number of hydrogen-bond acceptors (Lipinski definition) is 5. The lowest BCUT2D eigenvalue weighted by Crippen LogP contribution is -2.16.